The fourth-order valence-corrected chi connectivity index (χ4v) is 4.76. The third-order valence-corrected chi connectivity index (χ3v) is 6.70. The van der Waals surface area contributed by atoms with Gasteiger partial charge in [0.1, 0.15) is 6.54 Å². The highest BCUT2D eigenvalue weighted by molar-refractivity contribution is 6.09. The third-order valence-electron chi connectivity index (χ3n) is 6.70. The van der Waals surface area contributed by atoms with Crippen LogP contribution in [0.1, 0.15) is 21.7 Å². The van der Waals surface area contributed by atoms with Crippen molar-refractivity contribution in [3.05, 3.63) is 95.9 Å². The van der Waals surface area contributed by atoms with Crippen molar-refractivity contribution in [2.75, 3.05) is 32.7 Å². The summed E-state index contributed by atoms with van der Waals surface area (Å²) in [5.41, 5.74) is 0.251. The second-order valence-electron chi connectivity index (χ2n) is 8.91. The summed E-state index contributed by atoms with van der Waals surface area (Å²) >= 11 is 0. The maximum Gasteiger partial charge on any atom is 0.325 e. The lowest BCUT2D eigenvalue weighted by Crippen LogP contribution is -2.53. The lowest BCUT2D eigenvalue weighted by atomic mass is 9.83. The molecule has 5 amide bonds. The van der Waals surface area contributed by atoms with Crippen LogP contribution in [0, 0.1) is 0 Å². The zero-order valence-corrected chi connectivity index (χ0v) is 19.6. The zero-order chi connectivity index (χ0) is 25.1. The molecule has 0 aliphatic carbocycles. The van der Waals surface area contributed by atoms with Gasteiger partial charge < -0.3 is 19.5 Å². The number of hydrogen-bond donors (Lipinski definition) is 1. The van der Waals surface area contributed by atoms with E-state index in [0.29, 0.717) is 31.7 Å². The number of nitrogens with one attached hydrogen (secondary N) is 1. The molecule has 2 aromatic carbocycles. The van der Waals surface area contributed by atoms with E-state index < -0.39 is 17.5 Å². The van der Waals surface area contributed by atoms with Crippen molar-refractivity contribution < 1.29 is 23.6 Å². The predicted octanol–water partition coefficient (Wildman–Crippen LogP) is 2.25. The first-order valence-corrected chi connectivity index (χ1v) is 11.8. The van der Waals surface area contributed by atoms with Crippen molar-refractivity contribution in [3.8, 4) is 0 Å². The molecule has 9 nitrogen and oxygen atoms in total. The Morgan fingerprint density at radius 2 is 1.47 bits per heavy atom. The topological polar surface area (TPSA) is 103 Å². The molecule has 1 aromatic heterocycles. The van der Waals surface area contributed by atoms with Gasteiger partial charge in [-0.1, -0.05) is 60.7 Å². The predicted molar refractivity (Wildman–Crippen MR) is 130 cm³/mol. The van der Waals surface area contributed by atoms with Crippen LogP contribution < -0.4 is 5.32 Å². The minimum atomic E-state index is -1.30. The maximum atomic E-state index is 13.7. The van der Waals surface area contributed by atoms with Crippen LogP contribution in [-0.2, 0) is 21.5 Å². The molecule has 3 heterocycles. The van der Waals surface area contributed by atoms with Crippen molar-refractivity contribution in [1.29, 1.82) is 0 Å². The van der Waals surface area contributed by atoms with Crippen LogP contribution in [-0.4, -0.2) is 71.2 Å². The van der Waals surface area contributed by atoms with Gasteiger partial charge in [0.25, 0.3) is 11.8 Å². The molecule has 184 valence electrons. The molecule has 2 fully saturated rings. The van der Waals surface area contributed by atoms with Crippen molar-refractivity contribution in [2.24, 2.45) is 0 Å². The lowest BCUT2D eigenvalue weighted by Gasteiger charge is -2.35. The van der Waals surface area contributed by atoms with Gasteiger partial charge in [-0.05, 0) is 23.3 Å². The standard InChI is InChI=1S/C27H26N4O5/c32-23(29-13-15-30(16-14-29)24(33)22-12-7-17-36-22)19-31-25(34)27(28-26(31)35,21-10-5-2-6-11-21)18-20-8-3-1-4-9-20/h1-12,17H,13-16,18-19H2,(H,28,35)/t27-/m0/s1. The number of amides is 5. The van der Waals surface area contributed by atoms with E-state index in [0.717, 1.165) is 10.5 Å². The monoisotopic (exact) mass is 486 g/mol. The Morgan fingerprint density at radius 1 is 0.833 bits per heavy atom. The van der Waals surface area contributed by atoms with Crippen molar-refractivity contribution >= 4 is 23.8 Å². The van der Waals surface area contributed by atoms with Gasteiger partial charge in [0.2, 0.25) is 5.91 Å². The molecule has 1 N–H and O–H groups in total. The van der Waals surface area contributed by atoms with Crippen LogP contribution in [0.15, 0.2) is 83.5 Å². The molecule has 0 radical (unpaired) electrons. The van der Waals surface area contributed by atoms with Crippen LogP contribution in [0.25, 0.3) is 0 Å². The fraction of sp³-hybridized carbons (Fsp3) is 0.259. The second-order valence-corrected chi connectivity index (χ2v) is 8.91. The zero-order valence-electron chi connectivity index (χ0n) is 19.6. The molecule has 3 aromatic rings. The van der Waals surface area contributed by atoms with E-state index in [1.165, 1.54) is 6.26 Å². The molecular formula is C27H26N4O5. The van der Waals surface area contributed by atoms with Gasteiger partial charge in [-0.3, -0.25) is 19.3 Å². The van der Waals surface area contributed by atoms with Gasteiger partial charge in [0.15, 0.2) is 11.3 Å². The van der Waals surface area contributed by atoms with Crippen LogP contribution in [0.3, 0.4) is 0 Å². The summed E-state index contributed by atoms with van der Waals surface area (Å²) in [4.78, 5) is 56.5. The van der Waals surface area contributed by atoms with Crippen molar-refractivity contribution in [1.82, 2.24) is 20.0 Å². The number of carbonyl (C=O) groups is 4. The van der Waals surface area contributed by atoms with Crippen LogP contribution in [0.5, 0.6) is 0 Å². The maximum absolute atomic E-state index is 13.7. The van der Waals surface area contributed by atoms with Gasteiger partial charge in [-0.25, -0.2) is 4.79 Å². The Morgan fingerprint density at radius 3 is 2.11 bits per heavy atom. The van der Waals surface area contributed by atoms with E-state index >= 15 is 0 Å². The van der Waals surface area contributed by atoms with Gasteiger partial charge in [-0.15, -0.1) is 0 Å². The molecule has 2 aliphatic heterocycles. The Hall–Kier alpha value is -4.40. The second kappa shape index (κ2) is 9.69. The number of carbonyl (C=O) groups excluding carboxylic acids is 4. The SMILES string of the molecule is O=C(CN1C(=O)N[C@@](Cc2ccccc2)(c2ccccc2)C1=O)N1CCN(C(=O)c2ccco2)CC1. The van der Waals surface area contributed by atoms with Crippen molar-refractivity contribution in [2.45, 2.75) is 12.0 Å². The lowest BCUT2D eigenvalue weighted by molar-refractivity contribution is -0.140. The van der Waals surface area contributed by atoms with E-state index in [4.69, 9.17) is 4.42 Å². The number of rotatable bonds is 6. The summed E-state index contributed by atoms with van der Waals surface area (Å²) in [5, 5.41) is 2.88. The largest absolute Gasteiger partial charge is 0.459 e. The molecule has 0 saturated carbocycles. The summed E-state index contributed by atoms with van der Waals surface area (Å²) in [6.45, 7) is 0.937. The van der Waals surface area contributed by atoms with Crippen LogP contribution in [0.2, 0.25) is 0 Å². The number of urea groups is 1. The van der Waals surface area contributed by atoms with Gasteiger partial charge in [-0.2, -0.15) is 0 Å². The highest BCUT2D eigenvalue weighted by atomic mass is 16.3. The van der Waals surface area contributed by atoms with E-state index in [9.17, 15) is 19.2 Å². The molecule has 0 bridgehead atoms. The number of nitrogens with zero attached hydrogens (tertiary/aromatic N) is 3. The van der Waals surface area contributed by atoms with Gasteiger partial charge in [0.05, 0.1) is 6.26 Å². The van der Waals surface area contributed by atoms with E-state index in [1.54, 1.807) is 21.9 Å². The summed E-state index contributed by atoms with van der Waals surface area (Å²) in [5.74, 6) is -0.769. The van der Waals surface area contributed by atoms with Crippen LogP contribution in [0.4, 0.5) is 4.79 Å². The van der Waals surface area contributed by atoms with E-state index in [1.807, 2.05) is 60.7 Å². The molecule has 5 rings (SSSR count). The molecular weight excluding hydrogens is 460 g/mol. The van der Waals surface area contributed by atoms with Crippen LogP contribution >= 0.6 is 0 Å². The molecule has 9 heteroatoms. The third kappa shape index (κ3) is 4.35. The molecule has 36 heavy (non-hydrogen) atoms. The molecule has 0 unspecified atom stereocenters. The summed E-state index contributed by atoms with van der Waals surface area (Å²) < 4.78 is 5.17. The summed E-state index contributed by atoms with van der Waals surface area (Å²) in [7, 11) is 0. The van der Waals surface area contributed by atoms with Gasteiger partial charge in [0, 0.05) is 32.6 Å². The highest BCUT2D eigenvalue weighted by Crippen LogP contribution is 2.33. The van der Waals surface area contributed by atoms with Crippen molar-refractivity contribution in [3.63, 3.8) is 0 Å². The van der Waals surface area contributed by atoms with E-state index in [-0.39, 0.29) is 30.5 Å². The number of hydrogen-bond acceptors (Lipinski definition) is 5. The number of benzene rings is 2. The summed E-state index contributed by atoms with van der Waals surface area (Å²) in [6, 6.07) is 21.2. The minimum absolute atomic E-state index is 0.227. The average molecular weight is 487 g/mol. The first kappa shape index (κ1) is 23.3. The number of furan rings is 1. The van der Waals surface area contributed by atoms with Gasteiger partial charge >= 0.3 is 6.03 Å². The minimum Gasteiger partial charge on any atom is -0.459 e. The molecule has 2 aliphatic rings. The average Bonchev–Trinajstić information content (AvgIpc) is 3.53. The Bertz CT molecular complexity index is 1250. The summed E-state index contributed by atoms with van der Waals surface area (Å²) in [6.07, 6.45) is 1.71. The highest BCUT2D eigenvalue weighted by Gasteiger charge is 2.53. The Kier molecular flexibility index (Phi) is 6.28. The van der Waals surface area contributed by atoms with E-state index in [2.05, 4.69) is 5.32 Å². The Balaban J connectivity index is 1.29. The molecule has 2 saturated heterocycles. The Labute approximate surface area is 208 Å². The molecule has 1 atom stereocenters. The number of piperazine rings is 1. The normalized spacial score (nSPS) is 19.9. The molecule has 0 spiro atoms. The number of imide groups is 1. The smallest absolute Gasteiger partial charge is 0.325 e. The first-order chi connectivity index (χ1) is 17.5. The first-order valence-electron chi connectivity index (χ1n) is 11.8. The fourth-order valence-electron chi connectivity index (χ4n) is 4.76. The quantitative estimate of drug-likeness (QED) is 0.539.